The van der Waals surface area contributed by atoms with Gasteiger partial charge in [0.2, 0.25) is 0 Å². The van der Waals surface area contributed by atoms with Gasteiger partial charge in [-0.1, -0.05) is 42.1 Å². The number of rotatable bonds is 6. The van der Waals surface area contributed by atoms with E-state index in [2.05, 4.69) is 4.98 Å². The SMILES string of the molecule is O=S(=O)(O)CCCSc1nc2ccccc2s1.O=S(=O)([O-])c1ccc2cccc(O)c2c1.[Na+]. The van der Waals surface area contributed by atoms with Gasteiger partial charge in [0.25, 0.3) is 10.1 Å². The summed E-state index contributed by atoms with van der Waals surface area (Å²) < 4.78 is 63.9. The summed E-state index contributed by atoms with van der Waals surface area (Å²) >= 11 is 3.11. The molecule has 0 unspecified atom stereocenters. The second kappa shape index (κ2) is 12.0. The molecule has 0 aliphatic carbocycles. The van der Waals surface area contributed by atoms with Gasteiger partial charge in [0.1, 0.15) is 15.9 Å². The zero-order valence-corrected chi connectivity index (χ0v) is 22.7. The summed E-state index contributed by atoms with van der Waals surface area (Å²) in [6, 6.07) is 16.5. The number of thioether (sulfide) groups is 1. The number of thiazole rings is 1. The van der Waals surface area contributed by atoms with E-state index in [0.717, 1.165) is 14.6 Å². The molecule has 3 aromatic carbocycles. The fourth-order valence-corrected chi connectivity index (χ4v) is 5.97. The molecule has 0 saturated heterocycles. The fourth-order valence-electron chi connectivity index (χ4n) is 2.70. The van der Waals surface area contributed by atoms with Crippen molar-refractivity contribution in [2.45, 2.75) is 15.7 Å². The molecular formula is C20H18NNaO7S4. The van der Waals surface area contributed by atoms with Crippen LogP contribution in [0.4, 0.5) is 0 Å². The number of hydrogen-bond donors (Lipinski definition) is 2. The molecule has 0 bridgehead atoms. The molecule has 0 aliphatic rings. The molecular weight excluding hydrogens is 517 g/mol. The number of phenolic OH excluding ortho intramolecular Hbond substituents is 1. The van der Waals surface area contributed by atoms with Crippen LogP contribution in [-0.4, -0.2) is 47.5 Å². The molecule has 0 fully saturated rings. The number of para-hydroxylation sites is 1. The zero-order chi connectivity index (χ0) is 23.4. The van der Waals surface area contributed by atoms with Crippen molar-refractivity contribution in [3.05, 3.63) is 60.7 Å². The quantitative estimate of drug-likeness (QED) is 0.161. The number of phenols is 1. The van der Waals surface area contributed by atoms with Crippen molar-refractivity contribution in [3.63, 3.8) is 0 Å². The third kappa shape index (κ3) is 8.50. The Bertz CT molecular complexity index is 1420. The van der Waals surface area contributed by atoms with E-state index in [1.165, 1.54) is 36.0 Å². The maximum Gasteiger partial charge on any atom is 1.00 e. The first-order valence-electron chi connectivity index (χ1n) is 9.14. The third-order valence-electron chi connectivity index (χ3n) is 4.17. The van der Waals surface area contributed by atoms with Crippen LogP contribution in [0.3, 0.4) is 0 Å². The minimum absolute atomic E-state index is 0. The summed E-state index contributed by atoms with van der Waals surface area (Å²) in [6.07, 6.45) is 0.430. The van der Waals surface area contributed by atoms with Crippen LogP contribution in [0.25, 0.3) is 21.0 Å². The Morgan fingerprint density at radius 1 is 1.00 bits per heavy atom. The van der Waals surface area contributed by atoms with Crippen LogP contribution in [0.5, 0.6) is 5.75 Å². The molecule has 8 nitrogen and oxygen atoms in total. The summed E-state index contributed by atoms with van der Waals surface area (Å²) in [4.78, 5) is 4.08. The summed E-state index contributed by atoms with van der Waals surface area (Å²) in [5.74, 6) is 0.405. The Morgan fingerprint density at radius 3 is 2.39 bits per heavy atom. The second-order valence-corrected chi connectivity index (χ2v) is 11.9. The van der Waals surface area contributed by atoms with E-state index in [4.69, 9.17) is 4.55 Å². The van der Waals surface area contributed by atoms with E-state index in [-0.39, 0.29) is 46.0 Å². The number of benzene rings is 3. The van der Waals surface area contributed by atoms with Gasteiger partial charge < -0.3 is 9.66 Å². The minimum Gasteiger partial charge on any atom is -0.744 e. The van der Waals surface area contributed by atoms with E-state index >= 15 is 0 Å². The van der Waals surface area contributed by atoms with Crippen molar-refractivity contribution in [2.75, 3.05) is 11.5 Å². The fraction of sp³-hybridized carbons (Fsp3) is 0.150. The van der Waals surface area contributed by atoms with Crippen molar-refractivity contribution in [1.82, 2.24) is 4.98 Å². The molecule has 4 aromatic rings. The monoisotopic (exact) mass is 535 g/mol. The first kappa shape index (κ1) is 28.0. The van der Waals surface area contributed by atoms with Crippen LogP contribution in [0.2, 0.25) is 0 Å². The maximum absolute atomic E-state index is 10.8. The molecule has 4 rings (SSSR count). The molecule has 0 atom stereocenters. The summed E-state index contributed by atoms with van der Waals surface area (Å²) in [5, 5.41) is 10.5. The minimum atomic E-state index is -4.47. The van der Waals surface area contributed by atoms with Gasteiger partial charge in [0.05, 0.1) is 20.9 Å². The summed E-state index contributed by atoms with van der Waals surface area (Å²) in [5.41, 5.74) is 0.967. The van der Waals surface area contributed by atoms with Crippen molar-refractivity contribution in [1.29, 1.82) is 0 Å². The van der Waals surface area contributed by atoms with Crippen LogP contribution in [0.15, 0.2) is 69.9 Å². The Balaban J connectivity index is 0.000000228. The van der Waals surface area contributed by atoms with Crippen LogP contribution < -0.4 is 29.6 Å². The first-order chi connectivity index (χ1) is 15.0. The topological polar surface area (TPSA) is 145 Å². The van der Waals surface area contributed by atoms with Gasteiger partial charge in [-0.3, -0.25) is 4.55 Å². The molecule has 1 heterocycles. The third-order valence-corrected chi connectivity index (χ3v) is 8.07. The smallest absolute Gasteiger partial charge is 0.744 e. The Hall–Kier alpha value is -1.22. The standard InChI is InChI=1S/C10H11NO3S3.C10H8O4S.Na/c12-17(13,14)7-3-6-15-10-11-8-4-1-2-5-9(8)16-10;11-10-3-1-2-7-4-5-8(6-9(7)10)15(12,13)14;/h1-2,4-5H,3,6-7H2,(H,12,13,14);1-6,11H,(H,12,13,14);/q;;+1/p-1. The van der Waals surface area contributed by atoms with Crippen LogP contribution >= 0.6 is 23.1 Å². The summed E-state index contributed by atoms with van der Waals surface area (Å²) in [6.45, 7) is 0. The molecule has 0 amide bonds. The number of aromatic hydroxyl groups is 1. The van der Waals surface area contributed by atoms with Crippen LogP contribution in [0.1, 0.15) is 6.42 Å². The number of hydrogen-bond acceptors (Lipinski definition) is 9. The largest absolute Gasteiger partial charge is 1.00 e. The van der Waals surface area contributed by atoms with Gasteiger partial charge in [0, 0.05) is 11.1 Å². The van der Waals surface area contributed by atoms with Gasteiger partial charge >= 0.3 is 29.6 Å². The van der Waals surface area contributed by atoms with Crippen molar-refractivity contribution in [3.8, 4) is 5.75 Å². The van der Waals surface area contributed by atoms with Crippen molar-refractivity contribution >= 4 is 64.3 Å². The molecule has 2 N–H and O–H groups in total. The van der Waals surface area contributed by atoms with Crippen molar-refractivity contribution in [2.24, 2.45) is 0 Å². The maximum atomic E-state index is 10.8. The molecule has 13 heteroatoms. The average molecular weight is 536 g/mol. The van der Waals surface area contributed by atoms with Crippen molar-refractivity contribution < 1.29 is 60.6 Å². The van der Waals surface area contributed by atoms with Gasteiger partial charge in [-0.15, -0.1) is 11.3 Å². The predicted molar refractivity (Wildman–Crippen MR) is 125 cm³/mol. The first-order valence-corrected chi connectivity index (χ1v) is 14.0. The molecule has 0 spiro atoms. The number of nitrogens with zero attached hydrogens (tertiary/aromatic N) is 1. The van der Waals surface area contributed by atoms with Gasteiger partial charge in [0.15, 0.2) is 4.34 Å². The van der Waals surface area contributed by atoms with E-state index in [1.54, 1.807) is 23.5 Å². The Labute approximate surface area is 221 Å². The Morgan fingerprint density at radius 2 is 1.73 bits per heavy atom. The number of fused-ring (bicyclic) bond motifs is 2. The Kier molecular flexibility index (Phi) is 10.2. The molecule has 0 aliphatic heterocycles. The average Bonchev–Trinajstić information content (AvgIpc) is 3.13. The second-order valence-electron chi connectivity index (χ2n) is 6.55. The van der Waals surface area contributed by atoms with Gasteiger partial charge in [-0.25, -0.2) is 13.4 Å². The van der Waals surface area contributed by atoms with Gasteiger partial charge in [-0.05, 0) is 42.1 Å². The molecule has 0 radical (unpaired) electrons. The predicted octanol–water partition coefficient (Wildman–Crippen LogP) is 1.12. The van der Waals surface area contributed by atoms with E-state index < -0.39 is 20.2 Å². The normalized spacial score (nSPS) is 11.6. The van der Waals surface area contributed by atoms with Crippen LogP contribution in [-0.2, 0) is 20.2 Å². The van der Waals surface area contributed by atoms with Crippen LogP contribution in [0, 0.1) is 0 Å². The van der Waals surface area contributed by atoms with E-state index in [1.807, 2.05) is 24.3 Å². The molecule has 0 saturated carbocycles. The zero-order valence-electron chi connectivity index (χ0n) is 17.4. The summed E-state index contributed by atoms with van der Waals surface area (Å²) in [7, 11) is -8.31. The van der Waals surface area contributed by atoms with E-state index in [9.17, 15) is 26.5 Å². The van der Waals surface area contributed by atoms with E-state index in [0.29, 0.717) is 22.9 Å². The molecule has 33 heavy (non-hydrogen) atoms. The van der Waals surface area contributed by atoms with Gasteiger partial charge in [-0.2, -0.15) is 8.42 Å². The number of aromatic nitrogens is 1. The molecule has 170 valence electrons. The molecule has 1 aromatic heterocycles.